The van der Waals surface area contributed by atoms with Crippen LogP contribution in [0.2, 0.25) is 0 Å². The van der Waals surface area contributed by atoms with E-state index in [0.29, 0.717) is 12.5 Å². The standard InChI is InChI=1S/C13H16NO/c1-4-12-5-7-13(8-6-12)10-15-14-9-11(2)3/h4-8,11H,1,10H2,2-3H3. The summed E-state index contributed by atoms with van der Waals surface area (Å²) in [5.41, 5.74) is 2.20. The van der Waals surface area contributed by atoms with E-state index in [4.69, 9.17) is 4.84 Å². The average molecular weight is 202 g/mol. The molecule has 1 aromatic carbocycles. The van der Waals surface area contributed by atoms with Gasteiger partial charge in [0, 0.05) is 5.92 Å². The van der Waals surface area contributed by atoms with Gasteiger partial charge in [0.2, 0.25) is 0 Å². The van der Waals surface area contributed by atoms with Gasteiger partial charge in [-0.3, -0.25) is 0 Å². The summed E-state index contributed by atoms with van der Waals surface area (Å²) in [5.74, 6) is 0.299. The van der Waals surface area contributed by atoms with Gasteiger partial charge in [0.05, 0.1) is 0 Å². The second-order valence-corrected chi connectivity index (χ2v) is 3.59. The smallest absolute Gasteiger partial charge is 0.142 e. The topological polar surface area (TPSA) is 21.6 Å². The van der Waals surface area contributed by atoms with E-state index in [1.54, 1.807) is 0 Å². The fraction of sp³-hybridized carbons (Fsp3) is 0.308. The summed E-state index contributed by atoms with van der Waals surface area (Å²) in [6.07, 6.45) is 4.64. The molecule has 0 amide bonds. The molecule has 15 heavy (non-hydrogen) atoms. The Morgan fingerprint density at radius 1 is 1.40 bits per heavy atom. The minimum Gasteiger partial charge on any atom is -0.391 e. The van der Waals surface area contributed by atoms with Gasteiger partial charge in [-0.1, -0.05) is 55.9 Å². The Kier molecular flexibility index (Phi) is 4.61. The molecule has 0 atom stereocenters. The second-order valence-electron chi connectivity index (χ2n) is 3.59. The summed E-state index contributed by atoms with van der Waals surface area (Å²) in [6, 6.07) is 8.01. The number of benzene rings is 1. The van der Waals surface area contributed by atoms with Gasteiger partial charge in [-0.25, -0.2) is 0 Å². The molecule has 0 unspecified atom stereocenters. The molecule has 0 N–H and O–H groups in total. The molecule has 2 heteroatoms. The highest BCUT2D eigenvalue weighted by molar-refractivity contribution is 5.58. The van der Waals surface area contributed by atoms with Crippen LogP contribution in [0, 0.1) is 5.92 Å². The van der Waals surface area contributed by atoms with E-state index in [-0.39, 0.29) is 0 Å². The maximum atomic E-state index is 5.09. The van der Waals surface area contributed by atoms with Crippen LogP contribution >= 0.6 is 0 Å². The van der Waals surface area contributed by atoms with Crippen LogP contribution in [0.1, 0.15) is 25.0 Å². The van der Waals surface area contributed by atoms with E-state index in [9.17, 15) is 0 Å². The molecule has 1 aromatic rings. The molecule has 79 valence electrons. The molecule has 0 aromatic heterocycles. The summed E-state index contributed by atoms with van der Waals surface area (Å²) >= 11 is 0. The molecule has 0 spiro atoms. The van der Waals surface area contributed by atoms with E-state index in [2.05, 4.69) is 17.9 Å². The largest absolute Gasteiger partial charge is 0.391 e. The fourth-order valence-corrected chi connectivity index (χ4v) is 0.999. The molecule has 0 aliphatic rings. The first-order valence-electron chi connectivity index (χ1n) is 5.01. The van der Waals surface area contributed by atoms with Gasteiger partial charge in [-0.05, 0) is 11.1 Å². The van der Waals surface area contributed by atoms with Crippen molar-refractivity contribution in [1.29, 1.82) is 0 Å². The zero-order valence-corrected chi connectivity index (χ0v) is 9.23. The zero-order valence-electron chi connectivity index (χ0n) is 9.23. The Labute approximate surface area is 91.3 Å². The first-order valence-corrected chi connectivity index (χ1v) is 5.01. The lowest BCUT2D eigenvalue weighted by molar-refractivity contribution is 0.131. The lowest BCUT2D eigenvalue weighted by atomic mass is 10.1. The third kappa shape index (κ3) is 4.45. The predicted octanol–water partition coefficient (Wildman–Crippen LogP) is 3.37. The molecule has 0 saturated carbocycles. The fourth-order valence-electron chi connectivity index (χ4n) is 0.999. The quantitative estimate of drug-likeness (QED) is 0.530. The van der Waals surface area contributed by atoms with Crippen molar-refractivity contribution in [3.05, 3.63) is 42.0 Å². The van der Waals surface area contributed by atoms with E-state index in [1.165, 1.54) is 0 Å². The summed E-state index contributed by atoms with van der Waals surface area (Å²) in [4.78, 5) is 5.09. The Balaban J connectivity index is 2.41. The van der Waals surface area contributed by atoms with Crippen molar-refractivity contribution >= 4 is 12.3 Å². The van der Waals surface area contributed by atoms with Gasteiger partial charge in [0.1, 0.15) is 12.8 Å². The van der Waals surface area contributed by atoms with Crippen molar-refractivity contribution in [2.75, 3.05) is 0 Å². The van der Waals surface area contributed by atoms with Gasteiger partial charge in [0.25, 0.3) is 0 Å². The third-order valence-electron chi connectivity index (χ3n) is 1.82. The zero-order chi connectivity index (χ0) is 11.1. The van der Waals surface area contributed by atoms with E-state index >= 15 is 0 Å². The van der Waals surface area contributed by atoms with Gasteiger partial charge < -0.3 is 4.84 Å². The molecule has 0 fully saturated rings. The summed E-state index contributed by atoms with van der Waals surface area (Å²) in [5, 5.41) is 3.74. The van der Waals surface area contributed by atoms with Crippen molar-refractivity contribution in [3.8, 4) is 0 Å². The molecule has 2 nitrogen and oxygen atoms in total. The van der Waals surface area contributed by atoms with Crippen LogP contribution in [-0.2, 0) is 11.4 Å². The highest BCUT2D eigenvalue weighted by Gasteiger charge is 1.92. The van der Waals surface area contributed by atoms with Crippen LogP contribution in [0.25, 0.3) is 6.08 Å². The Morgan fingerprint density at radius 2 is 2.07 bits per heavy atom. The molecule has 1 radical (unpaired) electrons. The Morgan fingerprint density at radius 3 is 2.60 bits per heavy atom. The van der Waals surface area contributed by atoms with E-state index < -0.39 is 0 Å². The maximum Gasteiger partial charge on any atom is 0.142 e. The van der Waals surface area contributed by atoms with Crippen LogP contribution in [0.4, 0.5) is 0 Å². The number of nitrogens with zero attached hydrogens (tertiary/aromatic N) is 1. The number of hydrogen-bond donors (Lipinski definition) is 0. The van der Waals surface area contributed by atoms with Crippen molar-refractivity contribution in [3.63, 3.8) is 0 Å². The summed E-state index contributed by atoms with van der Waals surface area (Å²) < 4.78 is 0. The van der Waals surface area contributed by atoms with Crippen LogP contribution in [0.5, 0.6) is 0 Å². The van der Waals surface area contributed by atoms with Crippen molar-refractivity contribution in [2.45, 2.75) is 20.5 Å². The summed E-state index contributed by atoms with van der Waals surface area (Å²) in [6.45, 7) is 8.19. The van der Waals surface area contributed by atoms with E-state index in [1.807, 2.05) is 44.2 Å². The molecule has 0 aliphatic carbocycles. The highest BCUT2D eigenvalue weighted by Crippen LogP contribution is 2.06. The van der Waals surface area contributed by atoms with Crippen molar-refractivity contribution in [1.82, 2.24) is 0 Å². The monoisotopic (exact) mass is 202 g/mol. The third-order valence-corrected chi connectivity index (χ3v) is 1.82. The predicted molar refractivity (Wildman–Crippen MR) is 63.6 cm³/mol. The van der Waals surface area contributed by atoms with Crippen molar-refractivity contribution < 1.29 is 4.84 Å². The summed E-state index contributed by atoms with van der Waals surface area (Å²) in [7, 11) is 0. The van der Waals surface area contributed by atoms with Gasteiger partial charge >= 0.3 is 0 Å². The average Bonchev–Trinajstić information content (AvgIpc) is 2.25. The molecule has 0 bridgehead atoms. The van der Waals surface area contributed by atoms with Crippen molar-refractivity contribution in [2.24, 2.45) is 11.1 Å². The molecular formula is C13H16NO. The van der Waals surface area contributed by atoms with Gasteiger partial charge in [-0.15, -0.1) is 0 Å². The SMILES string of the molecule is C=Cc1ccc(CO/N=[C]\C(C)C)cc1. The lowest BCUT2D eigenvalue weighted by Gasteiger charge is -2.00. The normalized spacial score (nSPS) is 10.9. The van der Waals surface area contributed by atoms with Crippen LogP contribution in [0.15, 0.2) is 36.0 Å². The lowest BCUT2D eigenvalue weighted by Crippen LogP contribution is -1.91. The second kappa shape index (κ2) is 6.02. The van der Waals surface area contributed by atoms with Crippen LogP contribution in [0.3, 0.4) is 0 Å². The van der Waals surface area contributed by atoms with Crippen LogP contribution in [-0.4, -0.2) is 6.21 Å². The molecule has 0 aliphatic heterocycles. The first-order chi connectivity index (χ1) is 7.22. The van der Waals surface area contributed by atoms with E-state index in [0.717, 1.165) is 11.1 Å². The number of rotatable bonds is 5. The maximum absolute atomic E-state index is 5.09. The Hall–Kier alpha value is -1.57. The minimum atomic E-state index is 0.299. The highest BCUT2D eigenvalue weighted by atomic mass is 16.6. The van der Waals surface area contributed by atoms with Gasteiger partial charge in [0.15, 0.2) is 0 Å². The van der Waals surface area contributed by atoms with Gasteiger partial charge in [-0.2, -0.15) is 0 Å². The molecular weight excluding hydrogens is 186 g/mol. The Bertz CT molecular complexity index is 325. The first kappa shape index (κ1) is 11.5. The molecule has 1 rings (SSSR count). The minimum absolute atomic E-state index is 0.299. The van der Waals surface area contributed by atoms with Crippen LogP contribution < -0.4 is 0 Å². The number of hydrogen-bond acceptors (Lipinski definition) is 2. The molecule has 0 heterocycles. The molecule has 0 saturated heterocycles.